The standard InChI is InChI=1S/C19H25N3O3S2/c1-3-14(2)21-27(24,25)17-8-6-15(7-9-17)19(23)22-11-4-5-16(13-22)18-20-10-12-26-18/h6-10,12,14,16,21H,3-5,11,13H2,1-2H3. The molecule has 8 heteroatoms. The summed E-state index contributed by atoms with van der Waals surface area (Å²) >= 11 is 1.63. The van der Waals surface area contributed by atoms with Gasteiger partial charge in [0.05, 0.1) is 9.90 Å². The Bertz CT molecular complexity index is 864. The zero-order chi connectivity index (χ0) is 19.4. The van der Waals surface area contributed by atoms with Crippen LogP contribution < -0.4 is 4.72 Å². The molecule has 2 aromatic rings. The molecule has 6 nitrogen and oxygen atoms in total. The molecule has 2 atom stereocenters. The number of hydrogen-bond donors (Lipinski definition) is 1. The molecule has 0 saturated carbocycles. The lowest BCUT2D eigenvalue weighted by atomic mass is 9.98. The predicted molar refractivity (Wildman–Crippen MR) is 107 cm³/mol. The molecule has 2 unspecified atom stereocenters. The van der Waals surface area contributed by atoms with Gasteiger partial charge in [-0.1, -0.05) is 6.92 Å². The fourth-order valence-corrected chi connectivity index (χ4v) is 5.27. The van der Waals surface area contributed by atoms with Crippen molar-refractivity contribution < 1.29 is 13.2 Å². The second kappa shape index (κ2) is 8.50. The summed E-state index contributed by atoms with van der Waals surface area (Å²) in [6, 6.07) is 6.06. The Balaban J connectivity index is 1.70. The van der Waals surface area contributed by atoms with Crippen LogP contribution in [-0.2, 0) is 10.0 Å². The first-order valence-electron chi connectivity index (χ1n) is 9.21. The first-order chi connectivity index (χ1) is 12.9. The van der Waals surface area contributed by atoms with Crippen LogP contribution in [0.15, 0.2) is 40.7 Å². The van der Waals surface area contributed by atoms with Crippen molar-refractivity contribution in [2.24, 2.45) is 0 Å². The Morgan fingerprint density at radius 1 is 1.37 bits per heavy atom. The number of nitrogens with zero attached hydrogens (tertiary/aromatic N) is 2. The van der Waals surface area contributed by atoms with Crippen molar-refractivity contribution in [3.8, 4) is 0 Å². The van der Waals surface area contributed by atoms with Crippen molar-refractivity contribution in [2.75, 3.05) is 13.1 Å². The van der Waals surface area contributed by atoms with Crippen LogP contribution in [-0.4, -0.2) is 43.3 Å². The van der Waals surface area contributed by atoms with E-state index in [1.165, 1.54) is 12.1 Å². The molecule has 0 radical (unpaired) electrons. The van der Waals surface area contributed by atoms with E-state index in [9.17, 15) is 13.2 Å². The monoisotopic (exact) mass is 407 g/mol. The zero-order valence-corrected chi connectivity index (χ0v) is 17.2. The number of amides is 1. The van der Waals surface area contributed by atoms with Gasteiger partial charge in [0.2, 0.25) is 10.0 Å². The third-order valence-corrected chi connectivity index (χ3v) is 7.43. The molecule has 1 aliphatic heterocycles. The third-order valence-electron chi connectivity index (χ3n) is 4.89. The zero-order valence-electron chi connectivity index (χ0n) is 15.6. The molecule has 1 amide bonds. The molecule has 27 heavy (non-hydrogen) atoms. The number of nitrogens with one attached hydrogen (secondary N) is 1. The quantitative estimate of drug-likeness (QED) is 0.797. The van der Waals surface area contributed by atoms with E-state index in [2.05, 4.69) is 9.71 Å². The summed E-state index contributed by atoms with van der Waals surface area (Å²) in [5.41, 5.74) is 0.511. The van der Waals surface area contributed by atoms with Crippen LogP contribution in [0, 0.1) is 0 Å². The number of benzene rings is 1. The van der Waals surface area contributed by atoms with E-state index in [-0.39, 0.29) is 22.8 Å². The predicted octanol–water partition coefficient (Wildman–Crippen LogP) is 3.24. The van der Waals surface area contributed by atoms with Crippen LogP contribution in [0.3, 0.4) is 0 Å². The second-order valence-electron chi connectivity index (χ2n) is 6.92. The van der Waals surface area contributed by atoms with Crippen molar-refractivity contribution in [1.29, 1.82) is 0 Å². The number of sulfonamides is 1. The van der Waals surface area contributed by atoms with E-state index >= 15 is 0 Å². The lowest BCUT2D eigenvalue weighted by Crippen LogP contribution is -2.39. The minimum atomic E-state index is -3.56. The number of likely N-dealkylation sites (tertiary alicyclic amines) is 1. The van der Waals surface area contributed by atoms with Gasteiger partial charge >= 0.3 is 0 Å². The Kier molecular flexibility index (Phi) is 6.29. The van der Waals surface area contributed by atoms with Gasteiger partial charge in [-0.25, -0.2) is 18.1 Å². The highest BCUT2D eigenvalue weighted by molar-refractivity contribution is 7.89. The topological polar surface area (TPSA) is 79.4 Å². The van der Waals surface area contributed by atoms with Crippen molar-refractivity contribution >= 4 is 27.3 Å². The van der Waals surface area contributed by atoms with Gasteiger partial charge in [-0.2, -0.15) is 0 Å². The van der Waals surface area contributed by atoms with Gasteiger partial charge in [-0.15, -0.1) is 11.3 Å². The smallest absolute Gasteiger partial charge is 0.253 e. The number of carbonyl (C=O) groups is 1. The van der Waals surface area contributed by atoms with Gasteiger partial charge in [0.1, 0.15) is 0 Å². The van der Waals surface area contributed by atoms with E-state index in [1.54, 1.807) is 29.7 Å². The molecule has 146 valence electrons. The van der Waals surface area contributed by atoms with Crippen LogP contribution >= 0.6 is 11.3 Å². The first kappa shape index (κ1) is 20.0. The highest BCUT2D eigenvalue weighted by Gasteiger charge is 2.27. The summed E-state index contributed by atoms with van der Waals surface area (Å²) in [5.74, 6) is 0.220. The Morgan fingerprint density at radius 3 is 2.74 bits per heavy atom. The Hall–Kier alpha value is -1.77. The first-order valence-corrected chi connectivity index (χ1v) is 11.6. The van der Waals surface area contributed by atoms with Gasteiger partial charge in [-0.3, -0.25) is 4.79 Å². The van der Waals surface area contributed by atoms with Gasteiger partial charge in [-0.05, 0) is 50.5 Å². The van der Waals surface area contributed by atoms with Crippen LogP contribution in [0.25, 0.3) is 0 Å². The van der Waals surface area contributed by atoms with E-state index in [0.29, 0.717) is 18.5 Å². The van der Waals surface area contributed by atoms with Crippen LogP contribution in [0.4, 0.5) is 0 Å². The van der Waals surface area contributed by atoms with Gasteiger partial charge in [0.25, 0.3) is 5.91 Å². The SMILES string of the molecule is CCC(C)NS(=O)(=O)c1ccc(C(=O)N2CCCC(c3nccs3)C2)cc1. The van der Waals surface area contributed by atoms with E-state index in [4.69, 9.17) is 0 Å². The molecule has 1 N–H and O–H groups in total. The lowest BCUT2D eigenvalue weighted by Gasteiger charge is -2.32. The van der Waals surface area contributed by atoms with Gasteiger partial charge in [0, 0.05) is 42.2 Å². The van der Waals surface area contributed by atoms with Crippen LogP contribution in [0.1, 0.15) is 54.4 Å². The molecule has 1 aromatic heterocycles. The summed E-state index contributed by atoms with van der Waals surface area (Å²) in [5, 5.41) is 3.04. The Labute approximate surface area is 164 Å². The summed E-state index contributed by atoms with van der Waals surface area (Å²) in [6.45, 7) is 5.12. The van der Waals surface area contributed by atoms with Gasteiger partial charge in [0.15, 0.2) is 0 Å². The Morgan fingerprint density at radius 2 is 2.11 bits per heavy atom. The van der Waals surface area contributed by atoms with E-state index < -0.39 is 10.0 Å². The summed E-state index contributed by atoms with van der Waals surface area (Å²) in [7, 11) is -3.56. The number of piperidine rings is 1. The molecule has 1 aromatic carbocycles. The van der Waals surface area contributed by atoms with Crippen molar-refractivity contribution in [1.82, 2.24) is 14.6 Å². The second-order valence-corrected chi connectivity index (χ2v) is 9.56. The largest absolute Gasteiger partial charge is 0.338 e. The molecule has 1 fully saturated rings. The fraction of sp³-hybridized carbons (Fsp3) is 0.474. The summed E-state index contributed by atoms with van der Waals surface area (Å²) in [6.07, 6.45) is 4.50. The molecule has 0 aliphatic carbocycles. The molecular weight excluding hydrogens is 382 g/mol. The molecule has 2 heterocycles. The normalized spacial score (nSPS) is 19.0. The highest BCUT2D eigenvalue weighted by Crippen LogP contribution is 2.29. The number of carbonyl (C=O) groups excluding carboxylic acids is 1. The van der Waals surface area contributed by atoms with Crippen LogP contribution in [0.2, 0.25) is 0 Å². The number of rotatable bonds is 6. The molecular formula is C19H25N3O3S2. The van der Waals surface area contributed by atoms with Crippen molar-refractivity contribution in [3.05, 3.63) is 46.4 Å². The number of thiazole rings is 1. The third kappa shape index (κ3) is 4.75. The molecule has 1 saturated heterocycles. The number of hydrogen-bond acceptors (Lipinski definition) is 5. The molecule has 1 aliphatic rings. The minimum Gasteiger partial charge on any atom is -0.338 e. The average Bonchev–Trinajstić information content (AvgIpc) is 3.22. The summed E-state index contributed by atoms with van der Waals surface area (Å²) in [4.78, 5) is 19.2. The molecule has 0 bridgehead atoms. The van der Waals surface area contributed by atoms with Crippen LogP contribution in [0.5, 0.6) is 0 Å². The lowest BCUT2D eigenvalue weighted by molar-refractivity contribution is 0.0707. The maximum atomic E-state index is 12.8. The molecule has 3 rings (SSSR count). The number of aromatic nitrogens is 1. The van der Waals surface area contributed by atoms with E-state index in [1.807, 2.05) is 24.1 Å². The van der Waals surface area contributed by atoms with Gasteiger partial charge < -0.3 is 4.90 Å². The van der Waals surface area contributed by atoms with Crippen molar-refractivity contribution in [3.63, 3.8) is 0 Å². The van der Waals surface area contributed by atoms with E-state index in [0.717, 1.165) is 24.4 Å². The average molecular weight is 408 g/mol. The fourth-order valence-electron chi connectivity index (χ4n) is 3.17. The minimum absolute atomic E-state index is 0.0601. The highest BCUT2D eigenvalue weighted by atomic mass is 32.2. The van der Waals surface area contributed by atoms with Crippen molar-refractivity contribution in [2.45, 2.75) is 50.0 Å². The molecule has 0 spiro atoms. The summed E-state index contributed by atoms with van der Waals surface area (Å²) < 4.78 is 27.3. The maximum Gasteiger partial charge on any atom is 0.253 e. The maximum absolute atomic E-state index is 12.8.